The van der Waals surface area contributed by atoms with Gasteiger partial charge >= 0.3 is 0 Å². The van der Waals surface area contributed by atoms with E-state index in [1.807, 2.05) is 42.3 Å². The lowest BCUT2D eigenvalue weighted by molar-refractivity contribution is 0.199. The highest BCUT2D eigenvalue weighted by Crippen LogP contribution is 2.29. The van der Waals surface area contributed by atoms with Crippen molar-refractivity contribution in [2.45, 2.75) is 19.6 Å². The minimum Gasteiger partial charge on any atom is -0.389 e. The van der Waals surface area contributed by atoms with Gasteiger partial charge < -0.3 is 10.0 Å². The maximum absolute atomic E-state index is 9.57. The van der Waals surface area contributed by atoms with Crippen LogP contribution in [0.2, 0.25) is 5.02 Å². The molecule has 1 atom stereocenters. The van der Waals surface area contributed by atoms with Crippen LogP contribution in [0.5, 0.6) is 0 Å². The molecule has 0 aromatic heterocycles. The van der Waals surface area contributed by atoms with Gasteiger partial charge in [0.2, 0.25) is 0 Å². The number of rotatable bonds is 4. The Morgan fingerprint density at radius 3 is 2.67 bits per heavy atom. The first-order valence-electron chi connectivity index (χ1n) is 6.69. The van der Waals surface area contributed by atoms with Crippen molar-refractivity contribution in [1.29, 1.82) is 5.26 Å². The Labute approximate surface area is 130 Å². The third-order valence-electron chi connectivity index (χ3n) is 3.34. The molecule has 4 heteroatoms. The zero-order valence-electron chi connectivity index (χ0n) is 12.0. The quantitative estimate of drug-likeness (QED) is 0.931. The van der Waals surface area contributed by atoms with E-state index in [1.165, 1.54) is 0 Å². The summed E-state index contributed by atoms with van der Waals surface area (Å²) >= 11 is 6.29. The van der Waals surface area contributed by atoms with Crippen molar-refractivity contribution in [3.63, 3.8) is 0 Å². The molecule has 1 N–H and O–H groups in total. The first kappa shape index (κ1) is 15.4. The largest absolute Gasteiger partial charge is 0.389 e. The normalized spacial score (nSPS) is 11.8. The van der Waals surface area contributed by atoms with E-state index in [-0.39, 0.29) is 0 Å². The summed E-state index contributed by atoms with van der Waals surface area (Å²) in [6.45, 7) is 2.37. The lowest BCUT2D eigenvalue weighted by Crippen LogP contribution is -2.17. The molecule has 0 bridgehead atoms. The number of nitrogens with zero attached hydrogens (tertiary/aromatic N) is 2. The molecule has 3 nitrogen and oxygen atoms in total. The van der Waals surface area contributed by atoms with Crippen molar-refractivity contribution < 1.29 is 5.11 Å². The number of aliphatic hydroxyl groups is 1. The van der Waals surface area contributed by atoms with Gasteiger partial charge in [-0.2, -0.15) is 5.26 Å². The molecule has 0 heterocycles. The number of hydrogen-bond donors (Lipinski definition) is 1. The van der Waals surface area contributed by atoms with Crippen LogP contribution < -0.4 is 4.90 Å². The average molecular weight is 301 g/mol. The summed E-state index contributed by atoms with van der Waals surface area (Å²) in [6, 6.07) is 15.2. The van der Waals surface area contributed by atoms with Crippen molar-refractivity contribution >= 4 is 17.3 Å². The molecule has 0 spiro atoms. The molecule has 21 heavy (non-hydrogen) atoms. The molecule has 108 valence electrons. The van der Waals surface area contributed by atoms with Crippen molar-refractivity contribution in [1.82, 2.24) is 0 Å². The fourth-order valence-electron chi connectivity index (χ4n) is 2.19. The number of hydrogen-bond acceptors (Lipinski definition) is 3. The molecule has 0 fully saturated rings. The zero-order valence-corrected chi connectivity index (χ0v) is 12.8. The summed E-state index contributed by atoms with van der Waals surface area (Å²) in [5.41, 5.74) is 3.38. The highest BCUT2D eigenvalue weighted by Gasteiger charge is 2.10. The second-order valence-corrected chi connectivity index (χ2v) is 5.46. The number of nitriles is 1. The van der Waals surface area contributed by atoms with Crippen LogP contribution in [-0.4, -0.2) is 12.2 Å². The summed E-state index contributed by atoms with van der Waals surface area (Å²) in [4.78, 5) is 2.02. The summed E-state index contributed by atoms with van der Waals surface area (Å²) in [5, 5.41) is 19.1. The van der Waals surface area contributed by atoms with Gasteiger partial charge in [-0.1, -0.05) is 29.8 Å². The third kappa shape index (κ3) is 3.75. The minimum absolute atomic E-state index is 0.533. The van der Waals surface area contributed by atoms with Crippen molar-refractivity contribution in [2.24, 2.45) is 0 Å². The molecule has 2 aromatic carbocycles. The predicted octanol–water partition coefficient (Wildman–Crippen LogP) is 3.90. The topological polar surface area (TPSA) is 47.3 Å². The predicted molar refractivity (Wildman–Crippen MR) is 85.3 cm³/mol. The molecule has 0 saturated heterocycles. The Morgan fingerprint density at radius 2 is 2.05 bits per heavy atom. The zero-order chi connectivity index (χ0) is 15.4. The second kappa shape index (κ2) is 6.62. The van der Waals surface area contributed by atoms with E-state index in [4.69, 9.17) is 16.9 Å². The molecule has 2 aromatic rings. The van der Waals surface area contributed by atoms with Crippen LogP contribution in [-0.2, 0) is 6.54 Å². The van der Waals surface area contributed by atoms with E-state index < -0.39 is 6.10 Å². The number of anilines is 1. The molecule has 0 saturated carbocycles. The number of benzene rings is 2. The van der Waals surface area contributed by atoms with Crippen LogP contribution in [0.4, 0.5) is 5.69 Å². The molecule has 2 rings (SSSR count). The van der Waals surface area contributed by atoms with Gasteiger partial charge in [-0.05, 0) is 42.3 Å². The summed E-state index contributed by atoms with van der Waals surface area (Å²) in [7, 11) is 1.95. The Hall–Kier alpha value is -2.02. The fourth-order valence-corrected chi connectivity index (χ4v) is 2.52. The molecule has 0 amide bonds. The fraction of sp³-hybridized carbons (Fsp3) is 0.235. The van der Waals surface area contributed by atoms with E-state index >= 15 is 0 Å². The molecule has 0 aliphatic carbocycles. The van der Waals surface area contributed by atoms with E-state index in [2.05, 4.69) is 6.07 Å². The van der Waals surface area contributed by atoms with Crippen LogP contribution in [0.25, 0.3) is 0 Å². The summed E-state index contributed by atoms with van der Waals surface area (Å²) < 4.78 is 0. The van der Waals surface area contributed by atoms with Gasteiger partial charge in [0.25, 0.3) is 0 Å². The van der Waals surface area contributed by atoms with Crippen LogP contribution >= 0.6 is 11.6 Å². The third-order valence-corrected chi connectivity index (χ3v) is 3.64. The van der Waals surface area contributed by atoms with Gasteiger partial charge in [-0.3, -0.25) is 0 Å². The monoisotopic (exact) mass is 300 g/mol. The Bertz CT molecular complexity index is 677. The second-order valence-electron chi connectivity index (χ2n) is 5.06. The smallest absolute Gasteiger partial charge is 0.0991 e. The van der Waals surface area contributed by atoms with Crippen LogP contribution in [0.3, 0.4) is 0 Å². The summed E-state index contributed by atoms with van der Waals surface area (Å²) in [5.74, 6) is 0. The van der Waals surface area contributed by atoms with Gasteiger partial charge in [0.15, 0.2) is 0 Å². The van der Waals surface area contributed by atoms with Gasteiger partial charge in [0, 0.05) is 13.6 Å². The van der Waals surface area contributed by atoms with E-state index in [0.717, 1.165) is 16.8 Å². The standard InChI is InChI=1S/C17H17ClN2O/c1-12(21)15-6-7-17(16(18)9-15)20(2)11-14-5-3-4-13(8-14)10-19/h3-9,12,21H,11H2,1-2H3/t12-/m1/s1. The number of aliphatic hydroxyl groups excluding tert-OH is 1. The average Bonchev–Trinajstić information content (AvgIpc) is 2.47. The Morgan fingerprint density at radius 1 is 1.29 bits per heavy atom. The SMILES string of the molecule is C[C@@H](O)c1ccc(N(C)Cc2cccc(C#N)c2)c(Cl)c1. The molecule has 0 radical (unpaired) electrons. The Kier molecular flexibility index (Phi) is 4.85. The molecular formula is C17H17ClN2O. The van der Waals surface area contributed by atoms with Crippen molar-refractivity contribution in [2.75, 3.05) is 11.9 Å². The van der Waals surface area contributed by atoms with Gasteiger partial charge in [0.1, 0.15) is 0 Å². The van der Waals surface area contributed by atoms with Crippen LogP contribution in [0.15, 0.2) is 42.5 Å². The maximum atomic E-state index is 9.57. The van der Waals surface area contributed by atoms with Gasteiger partial charge in [0.05, 0.1) is 28.4 Å². The molecule has 0 unspecified atom stereocenters. The van der Waals surface area contributed by atoms with Crippen LogP contribution in [0, 0.1) is 11.3 Å². The lowest BCUT2D eigenvalue weighted by atomic mass is 10.1. The Balaban J connectivity index is 2.20. The van der Waals surface area contributed by atoms with Gasteiger partial charge in [-0.25, -0.2) is 0 Å². The highest BCUT2D eigenvalue weighted by atomic mass is 35.5. The minimum atomic E-state index is -0.533. The molecular weight excluding hydrogens is 284 g/mol. The first-order chi connectivity index (χ1) is 10.0. The van der Waals surface area contributed by atoms with Crippen molar-refractivity contribution in [3.05, 3.63) is 64.2 Å². The van der Waals surface area contributed by atoms with Crippen molar-refractivity contribution in [3.8, 4) is 6.07 Å². The summed E-state index contributed by atoms with van der Waals surface area (Å²) in [6.07, 6.45) is -0.533. The van der Waals surface area contributed by atoms with E-state index in [0.29, 0.717) is 17.1 Å². The van der Waals surface area contributed by atoms with Crippen LogP contribution in [0.1, 0.15) is 29.7 Å². The highest BCUT2D eigenvalue weighted by molar-refractivity contribution is 6.33. The molecule has 0 aliphatic heterocycles. The molecule has 0 aliphatic rings. The van der Waals surface area contributed by atoms with Gasteiger partial charge in [-0.15, -0.1) is 0 Å². The lowest BCUT2D eigenvalue weighted by Gasteiger charge is -2.21. The first-order valence-corrected chi connectivity index (χ1v) is 7.06. The van der Waals surface area contributed by atoms with E-state index in [9.17, 15) is 5.11 Å². The van der Waals surface area contributed by atoms with E-state index in [1.54, 1.807) is 19.1 Å². The maximum Gasteiger partial charge on any atom is 0.0991 e. The number of halogens is 1.